The number of benzene rings is 1. The van der Waals surface area contributed by atoms with Crippen LogP contribution < -0.4 is 16.0 Å². The van der Waals surface area contributed by atoms with Crippen LogP contribution in [0.4, 0.5) is 17.2 Å². The molecule has 0 aliphatic heterocycles. The maximum atomic E-state index is 12.0. The summed E-state index contributed by atoms with van der Waals surface area (Å²) in [6, 6.07) is 4.54. The van der Waals surface area contributed by atoms with E-state index in [1.165, 1.54) is 24.5 Å². The summed E-state index contributed by atoms with van der Waals surface area (Å²) in [7, 11) is -4.01. The van der Waals surface area contributed by atoms with Gasteiger partial charge in [-0.15, -0.1) is 0 Å². The van der Waals surface area contributed by atoms with E-state index < -0.39 is 20.6 Å². The van der Waals surface area contributed by atoms with Crippen molar-refractivity contribution in [3.63, 3.8) is 0 Å². The Hall–Kier alpha value is -2.66. The number of nitrogens with zero attached hydrogens (tertiary/aromatic N) is 2. The fourth-order valence-electron chi connectivity index (χ4n) is 1.41. The van der Waals surface area contributed by atoms with Crippen molar-refractivity contribution in [2.45, 2.75) is 4.90 Å². The molecule has 10 nitrogen and oxygen atoms in total. The number of nitro groups is 1. The van der Waals surface area contributed by atoms with E-state index in [1.54, 1.807) is 0 Å². The van der Waals surface area contributed by atoms with Crippen LogP contribution in [-0.4, -0.2) is 18.5 Å². The highest BCUT2D eigenvalue weighted by Crippen LogP contribution is 2.27. The van der Waals surface area contributed by atoms with Gasteiger partial charge in [0, 0.05) is 12.1 Å². The van der Waals surface area contributed by atoms with Gasteiger partial charge in [-0.25, -0.2) is 8.42 Å². The van der Waals surface area contributed by atoms with E-state index in [0.29, 0.717) is 0 Å². The van der Waals surface area contributed by atoms with Gasteiger partial charge in [0.1, 0.15) is 12.0 Å². The Balaban J connectivity index is 2.42. The Kier molecular flexibility index (Phi) is 3.54. The van der Waals surface area contributed by atoms with Gasteiger partial charge in [-0.2, -0.15) is 0 Å². The highest BCUT2D eigenvalue weighted by atomic mass is 32.2. The number of sulfonamides is 1. The molecule has 0 fully saturated rings. The number of nitrogens with one attached hydrogen (secondary N) is 2. The van der Waals surface area contributed by atoms with Gasteiger partial charge >= 0.3 is 0 Å². The Morgan fingerprint density at radius 1 is 1.35 bits per heavy atom. The van der Waals surface area contributed by atoms with Gasteiger partial charge < -0.3 is 9.95 Å². The molecular formula is C9H9N5O5S. The zero-order valence-corrected chi connectivity index (χ0v) is 10.6. The first-order valence-corrected chi connectivity index (χ1v) is 6.60. The molecule has 0 atom stereocenters. The van der Waals surface area contributed by atoms with Crippen molar-refractivity contribution in [3.05, 3.63) is 40.6 Å². The fraction of sp³-hybridized carbons (Fsp3) is 0. The molecule has 2 aromatic rings. The summed E-state index contributed by atoms with van der Waals surface area (Å²) in [5.74, 6) is 5.08. The van der Waals surface area contributed by atoms with Crippen LogP contribution in [0, 0.1) is 10.1 Å². The predicted octanol–water partition coefficient (Wildman–Crippen LogP) is 0.669. The largest absolute Gasteiger partial charge is 0.363 e. The van der Waals surface area contributed by atoms with Crippen molar-refractivity contribution < 1.29 is 17.9 Å². The van der Waals surface area contributed by atoms with Gasteiger partial charge in [-0.05, 0) is 12.1 Å². The first-order valence-electron chi connectivity index (χ1n) is 5.12. The Morgan fingerprint density at radius 3 is 2.65 bits per heavy atom. The van der Waals surface area contributed by atoms with E-state index in [0.717, 1.165) is 6.07 Å². The molecule has 4 N–H and O–H groups in total. The molecule has 1 aromatic heterocycles. The Morgan fingerprint density at radius 2 is 2.10 bits per heavy atom. The maximum Gasteiger partial charge on any atom is 0.295 e. The van der Waals surface area contributed by atoms with Crippen molar-refractivity contribution >= 4 is 27.2 Å². The summed E-state index contributed by atoms with van der Waals surface area (Å²) >= 11 is 0. The van der Waals surface area contributed by atoms with E-state index in [-0.39, 0.29) is 16.4 Å². The zero-order valence-electron chi connectivity index (χ0n) is 9.81. The van der Waals surface area contributed by atoms with Gasteiger partial charge in [-0.1, -0.05) is 5.16 Å². The third kappa shape index (κ3) is 2.67. The van der Waals surface area contributed by atoms with Gasteiger partial charge in [-0.3, -0.25) is 20.7 Å². The van der Waals surface area contributed by atoms with E-state index in [9.17, 15) is 18.5 Å². The molecule has 0 aliphatic carbocycles. The Labute approximate surface area is 112 Å². The summed E-state index contributed by atoms with van der Waals surface area (Å²) in [4.78, 5) is 9.80. The lowest BCUT2D eigenvalue weighted by atomic mass is 10.3. The van der Waals surface area contributed by atoms with Crippen LogP contribution in [0.3, 0.4) is 0 Å². The van der Waals surface area contributed by atoms with Gasteiger partial charge in [0.25, 0.3) is 15.7 Å². The van der Waals surface area contributed by atoms with Crippen LogP contribution in [0.2, 0.25) is 0 Å². The molecule has 11 heteroatoms. The van der Waals surface area contributed by atoms with Crippen molar-refractivity contribution in [2.24, 2.45) is 5.84 Å². The first kappa shape index (κ1) is 13.8. The molecule has 0 saturated heterocycles. The van der Waals surface area contributed by atoms with E-state index >= 15 is 0 Å². The highest BCUT2D eigenvalue weighted by Gasteiger charge is 2.21. The summed E-state index contributed by atoms with van der Waals surface area (Å²) in [6.07, 6.45) is 1.18. The number of nitrogens with two attached hydrogens (primary N) is 1. The third-order valence-electron chi connectivity index (χ3n) is 2.31. The number of anilines is 2. The number of nitro benzene ring substituents is 1. The molecule has 0 radical (unpaired) electrons. The summed E-state index contributed by atoms with van der Waals surface area (Å²) < 4.78 is 30.6. The van der Waals surface area contributed by atoms with Crippen molar-refractivity contribution in [1.82, 2.24) is 5.16 Å². The molecule has 0 aliphatic rings. The molecular weight excluding hydrogens is 290 g/mol. The molecule has 0 spiro atoms. The monoisotopic (exact) mass is 299 g/mol. The molecule has 0 amide bonds. The van der Waals surface area contributed by atoms with Crippen molar-refractivity contribution in [3.8, 4) is 0 Å². The average Bonchev–Trinajstić information content (AvgIpc) is 2.89. The summed E-state index contributed by atoms with van der Waals surface area (Å²) in [5.41, 5.74) is 1.65. The molecule has 1 aromatic carbocycles. The number of aromatic nitrogens is 1. The lowest BCUT2D eigenvalue weighted by molar-refractivity contribution is -0.384. The minimum atomic E-state index is -4.01. The second kappa shape index (κ2) is 5.14. The SMILES string of the molecule is NNc1ccc(S(=O)(=O)Nc2ccon2)cc1[N+](=O)[O-]. The van der Waals surface area contributed by atoms with Crippen LogP contribution in [0.1, 0.15) is 0 Å². The Bertz CT molecular complexity index is 727. The van der Waals surface area contributed by atoms with E-state index in [2.05, 4.69) is 19.8 Å². The normalized spacial score (nSPS) is 11.1. The van der Waals surface area contributed by atoms with Crippen LogP contribution in [-0.2, 0) is 10.0 Å². The fourth-order valence-corrected chi connectivity index (χ4v) is 2.43. The summed E-state index contributed by atoms with van der Waals surface area (Å²) in [6.45, 7) is 0. The van der Waals surface area contributed by atoms with Gasteiger partial charge in [0.2, 0.25) is 0 Å². The molecule has 0 unspecified atom stereocenters. The van der Waals surface area contributed by atoms with Crippen LogP contribution in [0.15, 0.2) is 39.9 Å². The lowest BCUT2D eigenvalue weighted by Gasteiger charge is -2.07. The van der Waals surface area contributed by atoms with Crippen molar-refractivity contribution in [2.75, 3.05) is 10.1 Å². The molecule has 0 saturated carbocycles. The number of hydrogen-bond donors (Lipinski definition) is 3. The van der Waals surface area contributed by atoms with E-state index in [1.807, 2.05) is 0 Å². The number of hydrazine groups is 1. The minimum Gasteiger partial charge on any atom is -0.363 e. The first-order chi connectivity index (χ1) is 9.44. The number of hydrogen-bond acceptors (Lipinski definition) is 8. The van der Waals surface area contributed by atoms with Crippen LogP contribution in [0.25, 0.3) is 0 Å². The van der Waals surface area contributed by atoms with Gasteiger partial charge in [0.15, 0.2) is 5.82 Å². The standard InChI is InChI=1S/C9H9N5O5S/c10-11-7-2-1-6(5-8(7)14(15)16)20(17,18)13-9-3-4-19-12-9/h1-5,11H,10H2,(H,12,13). The quantitative estimate of drug-likeness (QED) is 0.413. The van der Waals surface area contributed by atoms with Crippen molar-refractivity contribution in [1.29, 1.82) is 0 Å². The molecule has 106 valence electrons. The smallest absolute Gasteiger partial charge is 0.295 e. The highest BCUT2D eigenvalue weighted by molar-refractivity contribution is 7.92. The second-order valence-corrected chi connectivity index (χ2v) is 5.25. The number of nitrogen functional groups attached to an aromatic ring is 1. The van der Waals surface area contributed by atoms with Crippen LogP contribution in [0.5, 0.6) is 0 Å². The molecule has 2 rings (SSSR count). The maximum absolute atomic E-state index is 12.0. The topological polar surface area (TPSA) is 153 Å². The second-order valence-electron chi connectivity index (χ2n) is 3.57. The zero-order chi connectivity index (χ0) is 14.8. The summed E-state index contributed by atoms with van der Waals surface area (Å²) in [5, 5.41) is 14.2. The number of rotatable bonds is 5. The minimum absolute atomic E-state index is 0.00427. The molecule has 1 heterocycles. The lowest BCUT2D eigenvalue weighted by Crippen LogP contribution is -2.14. The molecule has 20 heavy (non-hydrogen) atoms. The van der Waals surface area contributed by atoms with E-state index in [4.69, 9.17) is 5.84 Å². The molecule has 0 bridgehead atoms. The third-order valence-corrected chi connectivity index (χ3v) is 3.66. The van der Waals surface area contributed by atoms with Gasteiger partial charge in [0.05, 0.1) is 9.82 Å². The average molecular weight is 299 g/mol. The predicted molar refractivity (Wildman–Crippen MR) is 68.2 cm³/mol. The van der Waals surface area contributed by atoms with Crippen LogP contribution >= 0.6 is 0 Å².